The molecular formula is C12H13Br2F3N2. The number of piperazine rings is 1. The van der Waals surface area contributed by atoms with Crippen molar-refractivity contribution in [3.8, 4) is 0 Å². The zero-order valence-electron chi connectivity index (χ0n) is 9.97. The van der Waals surface area contributed by atoms with Crippen molar-refractivity contribution >= 4 is 31.9 Å². The minimum absolute atomic E-state index is 0.268. The van der Waals surface area contributed by atoms with Gasteiger partial charge in [-0.1, -0.05) is 6.07 Å². The van der Waals surface area contributed by atoms with Crippen LogP contribution in [0.25, 0.3) is 0 Å². The van der Waals surface area contributed by atoms with Gasteiger partial charge in [0.05, 0.1) is 0 Å². The van der Waals surface area contributed by atoms with Crippen LogP contribution >= 0.6 is 31.9 Å². The molecule has 1 saturated heterocycles. The average Bonchev–Trinajstić information content (AvgIpc) is 2.34. The number of rotatable bonds is 2. The van der Waals surface area contributed by atoms with Gasteiger partial charge < -0.3 is 5.32 Å². The predicted molar refractivity (Wildman–Crippen MR) is 75.1 cm³/mol. The van der Waals surface area contributed by atoms with Gasteiger partial charge in [-0.2, -0.15) is 13.2 Å². The van der Waals surface area contributed by atoms with Gasteiger partial charge in [-0.25, -0.2) is 0 Å². The molecule has 0 amide bonds. The summed E-state index contributed by atoms with van der Waals surface area (Å²) in [5.74, 6) is 0. The Balaban J connectivity index is 2.33. The summed E-state index contributed by atoms with van der Waals surface area (Å²) in [4.78, 5) is 1.48. The Bertz CT molecular complexity index is 445. The Morgan fingerprint density at radius 2 is 1.74 bits per heavy atom. The summed E-state index contributed by atoms with van der Waals surface area (Å²) in [6.07, 6.45) is -4.27. The summed E-state index contributed by atoms with van der Waals surface area (Å²) in [5, 5.41) is 3.07. The topological polar surface area (TPSA) is 15.3 Å². The molecule has 19 heavy (non-hydrogen) atoms. The molecule has 1 atom stereocenters. The van der Waals surface area contributed by atoms with E-state index in [4.69, 9.17) is 0 Å². The summed E-state index contributed by atoms with van der Waals surface area (Å²) >= 11 is 6.53. The van der Waals surface area contributed by atoms with Crippen LogP contribution in [0.4, 0.5) is 13.2 Å². The molecule has 1 N–H and O–H groups in total. The third-order valence-electron chi connectivity index (χ3n) is 3.09. The summed E-state index contributed by atoms with van der Waals surface area (Å²) in [6, 6.07) is 3.15. The van der Waals surface area contributed by atoms with Gasteiger partial charge in [-0.05, 0) is 49.6 Å². The predicted octanol–water partition coefficient (Wildman–Crippen LogP) is 3.72. The van der Waals surface area contributed by atoms with Crippen molar-refractivity contribution in [2.24, 2.45) is 0 Å². The first-order chi connectivity index (χ1) is 8.89. The van der Waals surface area contributed by atoms with Crippen LogP contribution in [0.1, 0.15) is 11.6 Å². The Labute approximate surface area is 126 Å². The van der Waals surface area contributed by atoms with Crippen LogP contribution in [0.3, 0.4) is 0 Å². The molecule has 1 aliphatic heterocycles. The Morgan fingerprint density at radius 1 is 1.11 bits per heavy atom. The summed E-state index contributed by atoms with van der Waals surface area (Å²) in [5.41, 5.74) is 0.268. The van der Waals surface area contributed by atoms with Crippen molar-refractivity contribution in [2.45, 2.75) is 12.2 Å². The molecule has 1 aliphatic rings. The zero-order valence-corrected chi connectivity index (χ0v) is 13.1. The zero-order chi connectivity index (χ0) is 14.0. The fraction of sp³-hybridized carbons (Fsp3) is 0.500. The summed E-state index contributed by atoms with van der Waals surface area (Å²) in [6.45, 7) is 1.98. The second-order valence-corrected chi connectivity index (χ2v) is 6.11. The van der Waals surface area contributed by atoms with E-state index in [2.05, 4.69) is 37.2 Å². The highest BCUT2D eigenvalue weighted by Gasteiger charge is 2.44. The van der Waals surface area contributed by atoms with Gasteiger partial charge in [0.25, 0.3) is 0 Å². The van der Waals surface area contributed by atoms with Gasteiger partial charge in [0.1, 0.15) is 6.04 Å². The second-order valence-electron chi connectivity index (χ2n) is 4.40. The van der Waals surface area contributed by atoms with E-state index in [0.29, 0.717) is 30.7 Å². The smallest absolute Gasteiger partial charge is 0.314 e. The Kier molecular flexibility index (Phi) is 4.92. The number of alkyl halides is 3. The first kappa shape index (κ1) is 15.3. The lowest BCUT2D eigenvalue weighted by molar-refractivity contribution is -0.187. The summed E-state index contributed by atoms with van der Waals surface area (Å²) in [7, 11) is 0. The minimum Gasteiger partial charge on any atom is -0.314 e. The second kappa shape index (κ2) is 6.11. The van der Waals surface area contributed by atoms with E-state index in [9.17, 15) is 13.2 Å². The van der Waals surface area contributed by atoms with E-state index in [1.54, 1.807) is 6.07 Å². The lowest BCUT2D eigenvalue weighted by atomic mass is 10.0. The molecule has 7 heteroatoms. The molecule has 106 valence electrons. The Hall–Kier alpha value is -0.110. The van der Waals surface area contributed by atoms with Crippen LogP contribution in [-0.4, -0.2) is 37.3 Å². The minimum atomic E-state index is -4.27. The fourth-order valence-electron chi connectivity index (χ4n) is 2.23. The highest BCUT2D eigenvalue weighted by Crippen LogP contribution is 2.39. The maximum Gasteiger partial charge on any atom is 0.408 e. The molecule has 2 rings (SSSR count). The summed E-state index contributed by atoms with van der Waals surface area (Å²) < 4.78 is 41.4. The number of benzene rings is 1. The quantitative estimate of drug-likeness (QED) is 0.812. The third kappa shape index (κ3) is 3.71. The normalized spacial score (nSPS) is 19.4. The van der Waals surface area contributed by atoms with Crippen molar-refractivity contribution in [1.82, 2.24) is 10.2 Å². The van der Waals surface area contributed by atoms with E-state index >= 15 is 0 Å². The molecule has 1 aromatic rings. The average molecular weight is 402 g/mol. The molecule has 0 unspecified atom stereocenters. The van der Waals surface area contributed by atoms with Crippen LogP contribution in [0.5, 0.6) is 0 Å². The fourth-order valence-corrected chi connectivity index (χ4v) is 2.87. The molecule has 1 heterocycles. The molecule has 1 fully saturated rings. The van der Waals surface area contributed by atoms with Gasteiger partial charge >= 0.3 is 6.18 Å². The van der Waals surface area contributed by atoms with Gasteiger partial charge in [-0.15, -0.1) is 0 Å². The molecular weight excluding hydrogens is 389 g/mol. The van der Waals surface area contributed by atoms with Crippen LogP contribution in [0, 0.1) is 0 Å². The van der Waals surface area contributed by atoms with Gasteiger partial charge in [-0.3, -0.25) is 4.90 Å². The first-order valence-corrected chi connectivity index (χ1v) is 7.44. The lowest BCUT2D eigenvalue weighted by Gasteiger charge is -2.36. The molecule has 1 aromatic carbocycles. The molecule has 2 nitrogen and oxygen atoms in total. The van der Waals surface area contributed by atoms with Crippen molar-refractivity contribution in [2.75, 3.05) is 26.2 Å². The first-order valence-electron chi connectivity index (χ1n) is 5.86. The highest BCUT2D eigenvalue weighted by atomic mass is 79.9. The van der Waals surface area contributed by atoms with Gasteiger partial charge in [0, 0.05) is 35.1 Å². The molecule has 0 spiro atoms. The monoisotopic (exact) mass is 400 g/mol. The Morgan fingerprint density at radius 3 is 2.26 bits per heavy atom. The molecule has 0 saturated carbocycles. The van der Waals surface area contributed by atoms with Crippen molar-refractivity contribution in [1.29, 1.82) is 0 Å². The molecule has 0 bridgehead atoms. The number of halogens is 5. The van der Waals surface area contributed by atoms with Gasteiger partial charge in [0.2, 0.25) is 0 Å². The third-order valence-corrected chi connectivity index (χ3v) is 4.97. The number of nitrogens with one attached hydrogen (secondary N) is 1. The number of hydrogen-bond donors (Lipinski definition) is 1. The van der Waals surface area contributed by atoms with E-state index < -0.39 is 12.2 Å². The maximum atomic E-state index is 13.3. The largest absolute Gasteiger partial charge is 0.408 e. The van der Waals surface area contributed by atoms with E-state index in [-0.39, 0.29) is 5.56 Å². The lowest BCUT2D eigenvalue weighted by Crippen LogP contribution is -2.49. The van der Waals surface area contributed by atoms with Crippen LogP contribution in [0.15, 0.2) is 27.1 Å². The van der Waals surface area contributed by atoms with Gasteiger partial charge in [0.15, 0.2) is 0 Å². The number of nitrogens with zero attached hydrogens (tertiary/aromatic N) is 1. The number of hydrogen-bond acceptors (Lipinski definition) is 2. The van der Waals surface area contributed by atoms with Crippen LogP contribution < -0.4 is 5.32 Å². The maximum absolute atomic E-state index is 13.3. The van der Waals surface area contributed by atoms with Crippen molar-refractivity contribution in [3.63, 3.8) is 0 Å². The van der Waals surface area contributed by atoms with Crippen LogP contribution in [0.2, 0.25) is 0 Å². The molecule has 0 aliphatic carbocycles. The standard InChI is InChI=1S/C12H13Br2F3N2/c13-9-2-1-8(7-10(9)14)11(12(15,16)17)19-5-3-18-4-6-19/h1-2,7,11,18H,3-6H2/t11-/m1/s1. The van der Waals surface area contributed by atoms with Crippen molar-refractivity contribution in [3.05, 3.63) is 32.7 Å². The highest BCUT2D eigenvalue weighted by molar-refractivity contribution is 9.13. The SMILES string of the molecule is FC(F)(F)[C@@H](c1ccc(Br)c(Br)c1)N1CCNCC1. The molecule has 0 radical (unpaired) electrons. The van der Waals surface area contributed by atoms with E-state index in [1.807, 2.05) is 0 Å². The van der Waals surface area contributed by atoms with E-state index in [0.717, 1.165) is 4.47 Å². The van der Waals surface area contributed by atoms with Crippen LogP contribution in [-0.2, 0) is 0 Å². The van der Waals surface area contributed by atoms with Crippen molar-refractivity contribution < 1.29 is 13.2 Å². The molecule has 0 aromatic heterocycles. The van der Waals surface area contributed by atoms with E-state index in [1.165, 1.54) is 17.0 Å².